The third-order valence-corrected chi connectivity index (χ3v) is 12.1. The maximum Gasteiger partial charge on any atom is 0.129 e. The van der Waals surface area contributed by atoms with Gasteiger partial charge < -0.3 is 14.8 Å². The van der Waals surface area contributed by atoms with E-state index in [0.717, 1.165) is 67.4 Å². The first-order chi connectivity index (χ1) is 24.0. The molecule has 7 aromatic rings. The van der Waals surface area contributed by atoms with Gasteiger partial charge in [0.1, 0.15) is 5.82 Å². The minimum atomic E-state index is -1.61. The average Bonchev–Trinajstić information content (AvgIpc) is 3.70. The van der Waals surface area contributed by atoms with E-state index in [1.807, 2.05) is 24.4 Å². The van der Waals surface area contributed by atoms with Gasteiger partial charge in [-0.3, -0.25) is 9.97 Å². The Morgan fingerprint density at radius 3 is 2.35 bits per heavy atom. The van der Waals surface area contributed by atoms with Crippen molar-refractivity contribution in [2.24, 2.45) is 0 Å². The predicted molar refractivity (Wildman–Crippen MR) is 209 cm³/mol. The summed E-state index contributed by atoms with van der Waals surface area (Å²) in [5, 5.41) is 6.97. The van der Waals surface area contributed by atoms with E-state index >= 15 is 0 Å². The van der Waals surface area contributed by atoms with Gasteiger partial charge in [0.15, 0.2) is 0 Å². The van der Waals surface area contributed by atoms with Crippen molar-refractivity contribution >= 4 is 41.4 Å². The maximum absolute atomic E-state index is 5.56. The Bertz CT molecular complexity index is 2460. The van der Waals surface area contributed by atoms with Crippen molar-refractivity contribution in [3.05, 3.63) is 138 Å². The molecule has 0 fully saturated rings. The van der Waals surface area contributed by atoms with Gasteiger partial charge in [-0.15, -0.1) is 41.1 Å². The number of fused-ring (bicyclic) bond motifs is 10. The average molecular weight is 860 g/mol. The molecule has 0 N–H and O–H groups in total. The van der Waals surface area contributed by atoms with E-state index in [2.05, 4.69) is 153 Å². The molecular formula is C44H38N5PtSi-3. The van der Waals surface area contributed by atoms with E-state index in [0.29, 0.717) is 0 Å². The van der Waals surface area contributed by atoms with Gasteiger partial charge in [-0.2, -0.15) is 18.2 Å². The van der Waals surface area contributed by atoms with E-state index < -0.39 is 8.07 Å². The zero-order chi connectivity index (χ0) is 34.4. The van der Waals surface area contributed by atoms with E-state index in [1.165, 1.54) is 16.3 Å². The molecule has 0 saturated heterocycles. The fraction of sp³-hybridized carbons (Fsp3) is 0.182. The van der Waals surface area contributed by atoms with E-state index in [4.69, 9.17) is 15.3 Å². The Kier molecular flexibility index (Phi) is 7.97. The molecule has 0 saturated carbocycles. The molecule has 5 aromatic carbocycles. The number of nitrogens with zero attached hydrogens (tertiary/aromatic N) is 5. The summed E-state index contributed by atoms with van der Waals surface area (Å²) in [5.74, 6) is 0.937. The molecular weight excluding hydrogens is 822 g/mol. The van der Waals surface area contributed by atoms with Gasteiger partial charge in [-0.25, -0.2) is 0 Å². The number of benzene rings is 5. The molecule has 5 nitrogen and oxygen atoms in total. The Morgan fingerprint density at radius 2 is 1.57 bits per heavy atom. The zero-order valence-corrected chi connectivity index (χ0v) is 32.9. The molecule has 1 unspecified atom stereocenters. The fourth-order valence-electron chi connectivity index (χ4n) is 7.26. The Hall–Kier alpha value is -4.77. The molecule has 7 heteroatoms. The number of pyridine rings is 1. The monoisotopic (exact) mass is 859 g/mol. The standard InChI is InChI=1S/C44H38N5Si.Pt/c1-44(2,3)32-24-30(23-31(25-32)37-26-29(21-22-45-37)28-13-8-7-9-14-28)34-15-12-18-39-41(34)47-43-48(39)40-27-33(50(4,5)6)19-20-35(40)42-46-36-16-10-11-17-38(36)49(42)43;/h7-16,18-22,24-27,43H,1-6H3;/q-3;. The summed E-state index contributed by atoms with van der Waals surface area (Å²) in [6, 6.07) is 46.1. The summed E-state index contributed by atoms with van der Waals surface area (Å²) in [6.07, 6.45) is 1.59. The van der Waals surface area contributed by atoms with Crippen molar-refractivity contribution in [1.29, 1.82) is 0 Å². The van der Waals surface area contributed by atoms with Crippen LogP contribution in [0.3, 0.4) is 0 Å². The first kappa shape index (κ1) is 33.4. The first-order valence-corrected chi connectivity index (χ1v) is 20.8. The van der Waals surface area contributed by atoms with Gasteiger partial charge in [0.05, 0.1) is 13.8 Å². The molecule has 0 aliphatic carbocycles. The van der Waals surface area contributed by atoms with Crippen LogP contribution in [-0.4, -0.2) is 22.6 Å². The summed E-state index contributed by atoms with van der Waals surface area (Å²) in [5.41, 5.74) is 13.6. The topological polar surface area (TPSA) is 48.1 Å². The van der Waals surface area contributed by atoms with Crippen LogP contribution in [0.5, 0.6) is 0 Å². The third-order valence-electron chi connectivity index (χ3n) is 10.0. The molecule has 9 rings (SSSR count). The summed E-state index contributed by atoms with van der Waals surface area (Å²) < 4.78 is 2.26. The van der Waals surface area contributed by atoms with Gasteiger partial charge in [0.2, 0.25) is 0 Å². The molecule has 256 valence electrons. The van der Waals surface area contributed by atoms with Crippen molar-refractivity contribution in [2.45, 2.75) is 52.1 Å². The van der Waals surface area contributed by atoms with E-state index in [9.17, 15) is 0 Å². The second kappa shape index (κ2) is 12.2. The van der Waals surface area contributed by atoms with Gasteiger partial charge in [-0.1, -0.05) is 111 Å². The van der Waals surface area contributed by atoms with Crippen molar-refractivity contribution in [1.82, 2.24) is 14.5 Å². The van der Waals surface area contributed by atoms with Gasteiger partial charge in [0.25, 0.3) is 0 Å². The number of para-hydroxylation sites is 2. The second-order valence-electron chi connectivity index (χ2n) is 15.5. The van der Waals surface area contributed by atoms with Crippen LogP contribution in [0.1, 0.15) is 32.6 Å². The minimum absolute atomic E-state index is 0. The molecule has 2 aliphatic rings. The van der Waals surface area contributed by atoms with Crippen molar-refractivity contribution < 1.29 is 21.1 Å². The summed E-state index contributed by atoms with van der Waals surface area (Å²) in [6.45, 7) is 14.0. The third kappa shape index (κ3) is 5.56. The zero-order valence-electron chi connectivity index (χ0n) is 29.6. The SMILES string of the molecule is CC(C)(C)c1cc(-c2cc(-c3ccccc3)ccn2)[c-]c(-c2cccc3c2[N-]C2N3c3cc([Si](C)(C)C)ccc3-c3nc4ccc[c-]c4n32)c1.[Pt]. The summed E-state index contributed by atoms with van der Waals surface area (Å²) >= 11 is 0. The van der Waals surface area contributed by atoms with E-state index in [1.54, 1.807) is 0 Å². The number of imidazole rings is 1. The van der Waals surface area contributed by atoms with Gasteiger partial charge in [-0.05, 0) is 51.8 Å². The van der Waals surface area contributed by atoms with Gasteiger partial charge >= 0.3 is 0 Å². The van der Waals surface area contributed by atoms with Crippen LogP contribution in [0.25, 0.3) is 61.2 Å². The molecule has 2 aromatic heterocycles. The summed E-state index contributed by atoms with van der Waals surface area (Å²) in [4.78, 5) is 12.4. The second-order valence-corrected chi connectivity index (χ2v) is 20.5. The number of hydrogen-bond acceptors (Lipinski definition) is 3. The minimum Gasteiger partial charge on any atom is -0.652 e. The Balaban J connectivity index is 0.00000374. The summed E-state index contributed by atoms with van der Waals surface area (Å²) in [7, 11) is -1.61. The molecule has 4 heterocycles. The number of rotatable bonds is 4. The van der Waals surface area contributed by atoms with Gasteiger partial charge in [0, 0.05) is 50.5 Å². The quantitative estimate of drug-likeness (QED) is 0.131. The Labute approximate surface area is 315 Å². The van der Waals surface area contributed by atoms with E-state index in [-0.39, 0.29) is 32.8 Å². The molecule has 0 bridgehead atoms. The van der Waals surface area contributed by atoms with Crippen molar-refractivity contribution in [2.75, 3.05) is 4.90 Å². The van der Waals surface area contributed by atoms with Crippen LogP contribution >= 0.6 is 0 Å². The molecule has 51 heavy (non-hydrogen) atoms. The normalized spacial score (nSPS) is 14.6. The maximum atomic E-state index is 5.56. The molecule has 0 spiro atoms. The number of aromatic nitrogens is 3. The number of hydrogen-bond donors (Lipinski definition) is 0. The van der Waals surface area contributed by atoms with Crippen LogP contribution in [-0.2, 0) is 26.5 Å². The molecule has 0 radical (unpaired) electrons. The smallest absolute Gasteiger partial charge is 0.129 e. The van der Waals surface area contributed by atoms with Crippen LogP contribution in [0, 0.1) is 12.1 Å². The largest absolute Gasteiger partial charge is 0.652 e. The molecule has 0 amide bonds. The first-order valence-electron chi connectivity index (χ1n) is 17.3. The van der Waals surface area contributed by atoms with Crippen LogP contribution in [0.15, 0.2) is 115 Å². The van der Waals surface area contributed by atoms with Crippen molar-refractivity contribution in [3.8, 4) is 44.9 Å². The van der Waals surface area contributed by atoms with Crippen LogP contribution < -0.4 is 10.1 Å². The fourth-order valence-corrected chi connectivity index (χ4v) is 8.41. The van der Waals surface area contributed by atoms with Crippen LogP contribution in [0.2, 0.25) is 19.6 Å². The molecule has 1 atom stereocenters. The Morgan fingerprint density at radius 1 is 0.765 bits per heavy atom. The molecule has 2 aliphatic heterocycles. The van der Waals surface area contributed by atoms with Crippen LogP contribution in [0.4, 0.5) is 17.1 Å². The van der Waals surface area contributed by atoms with Crippen molar-refractivity contribution in [3.63, 3.8) is 0 Å². The number of anilines is 2. The predicted octanol–water partition coefficient (Wildman–Crippen LogP) is 11.2.